The molecule has 0 unspecified atom stereocenters. The third-order valence-electron chi connectivity index (χ3n) is 4.66. The number of nitrogens with zero attached hydrogens (tertiary/aromatic N) is 1. The quantitative estimate of drug-likeness (QED) is 0.570. The van der Waals surface area contributed by atoms with Gasteiger partial charge in [0, 0.05) is 17.2 Å². The third kappa shape index (κ3) is 3.62. The van der Waals surface area contributed by atoms with E-state index in [-0.39, 0.29) is 0 Å². The van der Waals surface area contributed by atoms with Crippen LogP contribution in [0, 0.1) is 0 Å². The molecule has 3 aromatic rings. The first kappa shape index (κ1) is 17.1. The standard InChI is InChI=1S/C24H23NS/c1-25(2)16-19-13-11-18(12-14-19)15-23-21-8-4-3-7-20(21)17-26-24-10-6-5-9-22(23)24/h3-15H,16-17H2,1-2H3/b23-15-. The van der Waals surface area contributed by atoms with Crippen molar-refractivity contribution in [3.05, 3.63) is 101 Å². The van der Waals surface area contributed by atoms with E-state index in [1.165, 1.54) is 38.3 Å². The minimum absolute atomic E-state index is 0.971. The van der Waals surface area contributed by atoms with Gasteiger partial charge in [-0.1, -0.05) is 66.7 Å². The largest absolute Gasteiger partial charge is 0.305 e. The zero-order valence-electron chi connectivity index (χ0n) is 15.3. The van der Waals surface area contributed by atoms with E-state index in [0.29, 0.717) is 0 Å². The maximum atomic E-state index is 2.34. The first-order valence-corrected chi connectivity index (χ1v) is 9.95. The van der Waals surface area contributed by atoms with Gasteiger partial charge in [-0.2, -0.15) is 0 Å². The van der Waals surface area contributed by atoms with Gasteiger partial charge in [0.1, 0.15) is 0 Å². The lowest BCUT2D eigenvalue weighted by Crippen LogP contribution is -2.10. The molecule has 0 amide bonds. The summed E-state index contributed by atoms with van der Waals surface area (Å²) in [7, 11) is 4.21. The van der Waals surface area contributed by atoms with Gasteiger partial charge in [0.2, 0.25) is 0 Å². The number of rotatable bonds is 3. The molecule has 130 valence electrons. The number of fused-ring (bicyclic) bond motifs is 2. The van der Waals surface area contributed by atoms with Crippen molar-refractivity contribution in [3.8, 4) is 0 Å². The minimum Gasteiger partial charge on any atom is -0.305 e. The summed E-state index contributed by atoms with van der Waals surface area (Å²) in [6, 6.07) is 26.5. The van der Waals surface area contributed by atoms with Gasteiger partial charge in [0.25, 0.3) is 0 Å². The lowest BCUT2D eigenvalue weighted by Gasteiger charge is -2.12. The summed E-state index contributed by atoms with van der Waals surface area (Å²) in [4.78, 5) is 3.56. The molecule has 0 spiro atoms. The lowest BCUT2D eigenvalue weighted by molar-refractivity contribution is 0.402. The Morgan fingerprint density at radius 2 is 1.54 bits per heavy atom. The van der Waals surface area contributed by atoms with Gasteiger partial charge in [-0.15, -0.1) is 11.8 Å². The number of hydrogen-bond donors (Lipinski definition) is 0. The number of benzene rings is 3. The summed E-state index contributed by atoms with van der Waals surface area (Å²) in [5.41, 5.74) is 8.00. The second-order valence-corrected chi connectivity index (χ2v) is 8.00. The highest BCUT2D eigenvalue weighted by molar-refractivity contribution is 7.98. The van der Waals surface area contributed by atoms with Crippen LogP contribution >= 0.6 is 11.8 Å². The van der Waals surface area contributed by atoms with Crippen molar-refractivity contribution in [2.75, 3.05) is 14.1 Å². The van der Waals surface area contributed by atoms with Crippen LogP contribution < -0.4 is 0 Å². The molecule has 0 fully saturated rings. The zero-order chi connectivity index (χ0) is 17.9. The second kappa shape index (κ2) is 7.53. The van der Waals surface area contributed by atoms with Crippen LogP contribution in [0.4, 0.5) is 0 Å². The van der Waals surface area contributed by atoms with E-state index in [9.17, 15) is 0 Å². The summed E-state index contributed by atoms with van der Waals surface area (Å²) < 4.78 is 0. The Balaban J connectivity index is 1.80. The molecule has 0 atom stereocenters. The van der Waals surface area contributed by atoms with E-state index in [2.05, 4.69) is 97.9 Å². The average Bonchev–Trinajstić information content (AvgIpc) is 2.81. The molecule has 1 nitrogen and oxygen atoms in total. The molecule has 0 radical (unpaired) electrons. The molecule has 26 heavy (non-hydrogen) atoms. The summed E-state index contributed by atoms with van der Waals surface area (Å²) in [6.07, 6.45) is 2.34. The van der Waals surface area contributed by atoms with E-state index >= 15 is 0 Å². The monoisotopic (exact) mass is 357 g/mol. The summed E-state index contributed by atoms with van der Waals surface area (Å²) in [5.74, 6) is 1.02. The molecule has 1 aliphatic rings. The maximum Gasteiger partial charge on any atom is 0.0238 e. The van der Waals surface area contributed by atoms with E-state index in [0.717, 1.165) is 12.3 Å². The number of hydrogen-bond acceptors (Lipinski definition) is 2. The molecular formula is C24H23NS. The highest BCUT2D eigenvalue weighted by atomic mass is 32.2. The van der Waals surface area contributed by atoms with Gasteiger partial charge in [0.05, 0.1) is 0 Å². The molecular weight excluding hydrogens is 334 g/mol. The topological polar surface area (TPSA) is 3.24 Å². The normalized spacial score (nSPS) is 14.8. The molecule has 1 aliphatic heterocycles. The predicted octanol–water partition coefficient (Wildman–Crippen LogP) is 5.94. The van der Waals surface area contributed by atoms with Crippen molar-refractivity contribution in [2.45, 2.75) is 17.2 Å². The summed E-state index contributed by atoms with van der Waals surface area (Å²) in [5, 5.41) is 0. The molecule has 0 N–H and O–H groups in total. The van der Waals surface area contributed by atoms with Gasteiger partial charge in [-0.3, -0.25) is 0 Å². The minimum atomic E-state index is 0.971. The summed E-state index contributed by atoms with van der Waals surface area (Å²) in [6.45, 7) is 0.971. The van der Waals surface area contributed by atoms with Gasteiger partial charge in [0.15, 0.2) is 0 Å². The van der Waals surface area contributed by atoms with Crippen LogP contribution in [0.2, 0.25) is 0 Å². The van der Waals surface area contributed by atoms with Gasteiger partial charge < -0.3 is 4.90 Å². The van der Waals surface area contributed by atoms with Gasteiger partial charge in [-0.25, -0.2) is 0 Å². The van der Waals surface area contributed by atoms with E-state index in [1.54, 1.807) is 0 Å². The average molecular weight is 358 g/mol. The molecule has 0 aromatic heterocycles. The van der Waals surface area contributed by atoms with Crippen molar-refractivity contribution in [1.29, 1.82) is 0 Å². The molecule has 0 saturated carbocycles. The van der Waals surface area contributed by atoms with Crippen LogP contribution in [-0.2, 0) is 12.3 Å². The van der Waals surface area contributed by atoms with Crippen LogP contribution in [-0.4, -0.2) is 19.0 Å². The van der Waals surface area contributed by atoms with Crippen LogP contribution in [0.25, 0.3) is 11.6 Å². The fourth-order valence-electron chi connectivity index (χ4n) is 3.43. The Morgan fingerprint density at radius 3 is 2.31 bits per heavy atom. The van der Waals surface area contributed by atoms with Crippen molar-refractivity contribution in [3.63, 3.8) is 0 Å². The van der Waals surface area contributed by atoms with Gasteiger partial charge >= 0.3 is 0 Å². The Kier molecular flexibility index (Phi) is 4.96. The van der Waals surface area contributed by atoms with Crippen LogP contribution in [0.15, 0.2) is 77.7 Å². The van der Waals surface area contributed by atoms with E-state index in [4.69, 9.17) is 0 Å². The lowest BCUT2D eigenvalue weighted by atomic mass is 9.92. The SMILES string of the molecule is CN(C)Cc1ccc(/C=C2/c3ccccc3CSc3ccccc32)cc1. The zero-order valence-corrected chi connectivity index (χ0v) is 16.1. The van der Waals surface area contributed by atoms with Crippen LogP contribution in [0.3, 0.4) is 0 Å². The molecule has 0 saturated heterocycles. The van der Waals surface area contributed by atoms with E-state index < -0.39 is 0 Å². The second-order valence-electron chi connectivity index (χ2n) is 6.98. The Hall–Kier alpha value is -2.29. The molecule has 1 heterocycles. The van der Waals surface area contributed by atoms with Crippen LogP contribution in [0.1, 0.15) is 27.8 Å². The molecule has 0 aliphatic carbocycles. The van der Waals surface area contributed by atoms with Crippen molar-refractivity contribution in [2.24, 2.45) is 0 Å². The molecule has 4 rings (SSSR count). The maximum absolute atomic E-state index is 2.34. The third-order valence-corrected chi connectivity index (χ3v) is 5.78. The van der Waals surface area contributed by atoms with Crippen molar-refractivity contribution < 1.29 is 0 Å². The van der Waals surface area contributed by atoms with Crippen molar-refractivity contribution >= 4 is 23.4 Å². The smallest absolute Gasteiger partial charge is 0.0238 e. The summed E-state index contributed by atoms with van der Waals surface area (Å²) >= 11 is 1.93. The molecule has 3 aromatic carbocycles. The molecule has 0 bridgehead atoms. The van der Waals surface area contributed by atoms with E-state index in [1.807, 2.05) is 11.8 Å². The Morgan fingerprint density at radius 1 is 0.846 bits per heavy atom. The van der Waals surface area contributed by atoms with Crippen LogP contribution in [0.5, 0.6) is 0 Å². The molecule has 2 heteroatoms. The fourth-order valence-corrected chi connectivity index (χ4v) is 4.50. The first-order chi connectivity index (χ1) is 12.7. The highest BCUT2D eigenvalue weighted by Crippen LogP contribution is 2.40. The Labute approximate surface area is 160 Å². The Bertz CT molecular complexity index is 889. The first-order valence-electron chi connectivity index (χ1n) is 8.96. The van der Waals surface area contributed by atoms with Gasteiger partial charge in [-0.05, 0) is 59.6 Å². The predicted molar refractivity (Wildman–Crippen MR) is 113 cm³/mol. The number of thioether (sulfide) groups is 1. The van der Waals surface area contributed by atoms with Crippen molar-refractivity contribution in [1.82, 2.24) is 4.90 Å². The fraction of sp³-hybridized carbons (Fsp3) is 0.167. The highest BCUT2D eigenvalue weighted by Gasteiger charge is 2.17.